The molecule has 0 heteroatoms. The Morgan fingerprint density at radius 1 is 1.75 bits per heavy atom. The Bertz CT molecular complexity index is 136. The molecular formula is C8H12. The summed E-state index contributed by atoms with van der Waals surface area (Å²) < 4.78 is 0. The smallest absolute Gasteiger partial charge is 0.0218 e. The van der Waals surface area contributed by atoms with E-state index in [9.17, 15) is 0 Å². The third kappa shape index (κ3) is 1.24. The highest BCUT2D eigenvalue weighted by Crippen LogP contribution is 2.17. The lowest BCUT2D eigenvalue weighted by molar-refractivity contribution is 0.577. The van der Waals surface area contributed by atoms with Gasteiger partial charge in [-0.2, -0.15) is 0 Å². The maximum atomic E-state index is 3.20. The lowest BCUT2D eigenvalue weighted by atomic mass is 9.96. The predicted octanol–water partition coefficient (Wildman–Crippen LogP) is 2.52. The zero-order chi connectivity index (χ0) is 5.98. The highest BCUT2D eigenvalue weighted by molar-refractivity contribution is 5.03. The van der Waals surface area contributed by atoms with Gasteiger partial charge in [0.15, 0.2) is 0 Å². The SMILES string of the molecule is CC1=C=CCC(C)C1. The van der Waals surface area contributed by atoms with Gasteiger partial charge >= 0.3 is 0 Å². The fourth-order valence-corrected chi connectivity index (χ4v) is 1.10. The summed E-state index contributed by atoms with van der Waals surface area (Å²) in [6.07, 6.45) is 4.61. The van der Waals surface area contributed by atoms with E-state index in [0.29, 0.717) is 0 Å². The molecular weight excluding hydrogens is 96.1 g/mol. The number of hydrogen-bond donors (Lipinski definition) is 0. The summed E-state index contributed by atoms with van der Waals surface area (Å²) in [7, 11) is 0. The average molecular weight is 108 g/mol. The van der Waals surface area contributed by atoms with Crippen LogP contribution >= 0.6 is 0 Å². The maximum Gasteiger partial charge on any atom is -0.0218 e. The lowest BCUT2D eigenvalue weighted by Gasteiger charge is -2.09. The molecule has 0 aromatic carbocycles. The molecule has 0 bridgehead atoms. The fraction of sp³-hybridized carbons (Fsp3) is 0.625. The molecule has 0 nitrogen and oxygen atoms in total. The Hall–Kier alpha value is -0.480. The zero-order valence-electron chi connectivity index (χ0n) is 5.57. The Kier molecular flexibility index (Phi) is 1.55. The molecule has 0 amide bonds. The van der Waals surface area contributed by atoms with Crippen LogP contribution < -0.4 is 0 Å². The third-order valence-corrected chi connectivity index (χ3v) is 1.52. The largest absolute Gasteiger partial charge is 0.126 e. The molecule has 0 heterocycles. The number of allylic oxidation sites excluding steroid dienone is 1. The van der Waals surface area contributed by atoms with Crippen LogP contribution in [-0.4, -0.2) is 0 Å². The van der Waals surface area contributed by atoms with Crippen molar-refractivity contribution in [1.29, 1.82) is 0 Å². The van der Waals surface area contributed by atoms with Crippen LogP contribution in [0.15, 0.2) is 17.4 Å². The molecule has 0 spiro atoms. The van der Waals surface area contributed by atoms with Gasteiger partial charge in [-0.25, -0.2) is 0 Å². The Morgan fingerprint density at radius 3 is 2.88 bits per heavy atom. The molecule has 0 N–H and O–H groups in total. The van der Waals surface area contributed by atoms with Crippen molar-refractivity contribution in [3.8, 4) is 0 Å². The Morgan fingerprint density at radius 2 is 2.50 bits per heavy atom. The van der Waals surface area contributed by atoms with Gasteiger partial charge in [0.2, 0.25) is 0 Å². The van der Waals surface area contributed by atoms with Crippen molar-refractivity contribution in [3.05, 3.63) is 17.4 Å². The Labute approximate surface area is 50.9 Å². The molecule has 8 heavy (non-hydrogen) atoms. The highest BCUT2D eigenvalue weighted by Gasteiger charge is 2.02. The minimum atomic E-state index is 0.858. The van der Waals surface area contributed by atoms with Gasteiger partial charge in [-0.3, -0.25) is 0 Å². The van der Waals surface area contributed by atoms with Gasteiger partial charge in [0.05, 0.1) is 0 Å². The quantitative estimate of drug-likeness (QED) is 0.418. The summed E-state index contributed by atoms with van der Waals surface area (Å²) in [5, 5.41) is 0. The highest BCUT2D eigenvalue weighted by atomic mass is 14.1. The molecule has 0 aromatic heterocycles. The maximum absolute atomic E-state index is 3.20. The van der Waals surface area contributed by atoms with Crippen molar-refractivity contribution in [2.45, 2.75) is 26.7 Å². The predicted molar refractivity (Wildman–Crippen MR) is 35.7 cm³/mol. The van der Waals surface area contributed by atoms with Gasteiger partial charge in [-0.05, 0) is 37.3 Å². The zero-order valence-corrected chi connectivity index (χ0v) is 5.57. The molecule has 1 atom stereocenters. The van der Waals surface area contributed by atoms with Crippen LogP contribution in [0.5, 0.6) is 0 Å². The minimum absolute atomic E-state index is 0.858. The second-order valence-corrected chi connectivity index (χ2v) is 2.67. The van der Waals surface area contributed by atoms with Crippen molar-refractivity contribution in [2.75, 3.05) is 0 Å². The van der Waals surface area contributed by atoms with Crippen LogP contribution in [0.3, 0.4) is 0 Å². The van der Waals surface area contributed by atoms with E-state index < -0.39 is 0 Å². The van der Waals surface area contributed by atoms with E-state index in [1.54, 1.807) is 0 Å². The van der Waals surface area contributed by atoms with E-state index in [1.165, 1.54) is 18.4 Å². The van der Waals surface area contributed by atoms with Crippen LogP contribution in [-0.2, 0) is 0 Å². The molecule has 0 saturated carbocycles. The topological polar surface area (TPSA) is 0 Å². The summed E-state index contributed by atoms with van der Waals surface area (Å²) in [6.45, 7) is 4.42. The van der Waals surface area contributed by atoms with Gasteiger partial charge in [0.25, 0.3) is 0 Å². The van der Waals surface area contributed by atoms with Crippen molar-refractivity contribution in [3.63, 3.8) is 0 Å². The number of hydrogen-bond acceptors (Lipinski definition) is 0. The molecule has 0 fully saturated rings. The molecule has 0 aromatic rings. The van der Waals surface area contributed by atoms with Crippen LogP contribution in [0, 0.1) is 5.92 Å². The minimum Gasteiger partial charge on any atom is -0.126 e. The van der Waals surface area contributed by atoms with Crippen LogP contribution in [0.25, 0.3) is 0 Å². The monoisotopic (exact) mass is 108 g/mol. The first kappa shape index (κ1) is 5.65. The van der Waals surface area contributed by atoms with Gasteiger partial charge in [-0.15, -0.1) is 5.73 Å². The van der Waals surface area contributed by atoms with Gasteiger partial charge in [0, 0.05) is 0 Å². The van der Waals surface area contributed by atoms with E-state index >= 15 is 0 Å². The first-order chi connectivity index (χ1) is 3.79. The third-order valence-electron chi connectivity index (χ3n) is 1.52. The van der Waals surface area contributed by atoms with Gasteiger partial charge in [-0.1, -0.05) is 6.92 Å². The van der Waals surface area contributed by atoms with Gasteiger partial charge < -0.3 is 0 Å². The van der Waals surface area contributed by atoms with Crippen molar-refractivity contribution in [1.82, 2.24) is 0 Å². The van der Waals surface area contributed by atoms with Crippen molar-refractivity contribution < 1.29 is 0 Å². The molecule has 1 rings (SSSR count). The molecule has 1 aliphatic carbocycles. The summed E-state index contributed by atoms with van der Waals surface area (Å²) in [5.74, 6) is 0.858. The molecule has 0 saturated heterocycles. The summed E-state index contributed by atoms with van der Waals surface area (Å²) in [4.78, 5) is 0. The van der Waals surface area contributed by atoms with E-state index in [1.807, 2.05) is 0 Å². The summed E-state index contributed by atoms with van der Waals surface area (Å²) >= 11 is 0. The molecule has 0 radical (unpaired) electrons. The first-order valence-electron chi connectivity index (χ1n) is 3.19. The fourth-order valence-electron chi connectivity index (χ4n) is 1.10. The van der Waals surface area contributed by atoms with Crippen molar-refractivity contribution >= 4 is 0 Å². The summed E-state index contributed by atoms with van der Waals surface area (Å²) in [6, 6.07) is 0. The standard InChI is InChI=1S/C8H12/c1-7-4-3-5-8(2)6-7/h3,7H,4,6H2,1-2H3. The lowest BCUT2D eigenvalue weighted by Crippen LogP contribution is -1.95. The van der Waals surface area contributed by atoms with E-state index in [-0.39, 0.29) is 0 Å². The first-order valence-corrected chi connectivity index (χ1v) is 3.19. The normalized spacial score (nSPS) is 27.8. The average Bonchev–Trinajstić information content (AvgIpc) is 1.64. The Balaban J connectivity index is 2.63. The van der Waals surface area contributed by atoms with Crippen molar-refractivity contribution in [2.24, 2.45) is 5.92 Å². The molecule has 44 valence electrons. The van der Waals surface area contributed by atoms with E-state index in [2.05, 4.69) is 25.7 Å². The van der Waals surface area contributed by atoms with Crippen LogP contribution in [0.1, 0.15) is 26.7 Å². The second kappa shape index (κ2) is 2.19. The van der Waals surface area contributed by atoms with E-state index in [4.69, 9.17) is 0 Å². The van der Waals surface area contributed by atoms with E-state index in [0.717, 1.165) is 5.92 Å². The second-order valence-electron chi connectivity index (χ2n) is 2.67. The molecule has 0 aliphatic heterocycles. The number of rotatable bonds is 0. The molecule has 1 aliphatic rings. The van der Waals surface area contributed by atoms with Gasteiger partial charge in [0.1, 0.15) is 0 Å². The molecule has 1 unspecified atom stereocenters. The van der Waals surface area contributed by atoms with Crippen LogP contribution in [0.4, 0.5) is 0 Å². The summed E-state index contributed by atoms with van der Waals surface area (Å²) in [5.41, 5.74) is 4.61. The van der Waals surface area contributed by atoms with Crippen LogP contribution in [0.2, 0.25) is 0 Å².